The molecule has 0 unspecified atom stereocenters. The molecule has 3 nitrogen and oxygen atoms in total. The van der Waals surface area contributed by atoms with Crippen molar-refractivity contribution in [3.05, 3.63) is 65.7 Å². The van der Waals surface area contributed by atoms with Crippen LogP contribution in [-0.4, -0.2) is 28.8 Å². The van der Waals surface area contributed by atoms with Gasteiger partial charge in [-0.2, -0.15) is 0 Å². The Bertz CT molecular complexity index is 649. The van der Waals surface area contributed by atoms with E-state index in [4.69, 9.17) is 0 Å². The first kappa shape index (κ1) is 15.8. The number of aromatic nitrogens is 1. The van der Waals surface area contributed by atoms with Crippen LogP contribution in [0.15, 0.2) is 48.8 Å². The van der Waals surface area contributed by atoms with Crippen LogP contribution in [0.1, 0.15) is 41.7 Å². The minimum Gasteiger partial charge on any atom is -0.297 e. The maximum atomic E-state index is 13.0. The van der Waals surface area contributed by atoms with Gasteiger partial charge in [-0.1, -0.05) is 6.07 Å². The fraction of sp³-hybridized carbons (Fsp3) is 0.368. The zero-order valence-corrected chi connectivity index (χ0v) is 13.3. The molecule has 23 heavy (non-hydrogen) atoms. The number of pyridine rings is 1. The van der Waals surface area contributed by atoms with Gasteiger partial charge < -0.3 is 0 Å². The Labute approximate surface area is 136 Å². The van der Waals surface area contributed by atoms with Gasteiger partial charge in [0.1, 0.15) is 5.82 Å². The summed E-state index contributed by atoms with van der Waals surface area (Å²) < 4.78 is 13.0. The summed E-state index contributed by atoms with van der Waals surface area (Å²) in [5, 5.41) is 0. The van der Waals surface area contributed by atoms with Crippen LogP contribution in [0.4, 0.5) is 4.39 Å². The third-order valence-electron chi connectivity index (χ3n) is 4.74. The second-order valence-corrected chi connectivity index (χ2v) is 6.14. The van der Waals surface area contributed by atoms with E-state index in [1.165, 1.54) is 17.7 Å². The van der Waals surface area contributed by atoms with Crippen molar-refractivity contribution < 1.29 is 9.18 Å². The Kier molecular flexibility index (Phi) is 4.82. The van der Waals surface area contributed by atoms with E-state index in [1.54, 1.807) is 18.3 Å². The first-order chi connectivity index (χ1) is 11.1. The summed E-state index contributed by atoms with van der Waals surface area (Å²) in [5.41, 5.74) is 1.82. The number of rotatable bonds is 4. The molecule has 0 aliphatic carbocycles. The van der Waals surface area contributed by atoms with Gasteiger partial charge in [-0.25, -0.2) is 4.39 Å². The molecular weight excluding hydrogens is 291 g/mol. The second-order valence-electron chi connectivity index (χ2n) is 6.14. The normalized spacial score (nSPS) is 17.8. The molecule has 0 spiro atoms. The van der Waals surface area contributed by atoms with Crippen molar-refractivity contribution >= 4 is 5.78 Å². The van der Waals surface area contributed by atoms with E-state index in [9.17, 15) is 9.18 Å². The summed E-state index contributed by atoms with van der Waals surface area (Å²) in [6.07, 6.45) is 5.38. The summed E-state index contributed by atoms with van der Waals surface area (Å²) in [7, 11) is 0. The number of benzene rings is 1. The molecule has 1 aliphatic rings. The molecule has 1 saturated heterocycles. The minimum atomic E-state index is -0.304. The van der Waals surface area contributed by atoms with Gasteiger partial charge in [0.2, 0.25) is 0 Å². The average Bonchev–Trinajstić information content (AvgIpc) is 2.62. The van der Waals surface area contributed by atoms with Crippen molar-refractivity contribution in [2.24, 2.45) is 5.92 Å². The van der Waals surface area contributed by atoms with Crippen molar-refractivity contribution in [2.75, 3.05) is 13.1 Å². The summed E-state index contributed by atoms with van der Waals surface area (Å²) in [6, 6.07) is 10.2. The fourth-order valence-corrected chi connectivity index (χ4v) is 3.23. The van der Waals surface area contributed by atoms with Crippen LogP contribution in [0.2, 0.25) is 0 Å². The summed E-state index contributed by atoms with van der Waals surface area (Å²) in [4.78, 5) is 19.1. The van der Waals surface area contributed by atoms with Gasteiger partial charge in [-0.15, -0.1) is 0 Å². The molecule has 2 aromatic rings. The van der Waals surface area contributed by atoms with Crippen molar-refractivity contribution in [2.45, 2.75) is 25.8 Å². The Hall–Kier alpha value is -2.07. The summed E-state index contributed by atoms with van der Waals surface area (Å²) >= 11 is 0. The van der Waals surface area contributed by atoms with Crippen LogP contribution in [0.3, 0.4) is 0 Å². The van der Waals surface area contributed by atoms with E-state index in [0.29, 0.717) is 11.6 Å². The van der Waals surface area contributed by atoms with Crippen molar-refractivity contribution in [1.29, 1.82) is 0 Å². The largest absolute Gasteiger partial charge is 0.297 e. The Morgan fingerprint density at radius 2 is 1.91 bits per heavy atom. The molecule has 0 N–H and O–H groups in total. The number of ketones is 1. The maximum absolute atomic E-state index is 13.0. The number of halogens is 1. The topological polar surface area (TPSA) is 33.2 Å². The molecule has 0 radical (unpaired) electrons. The molecular formula is C19H21FN2O. The molecule has 1 aromatic carbocycles. The third kappa shape index (κ3) is 3.64. The zero-order valence-electron chi connectivity index (χ0n) is 13.3. The van der Waals surface area contributed by atoms with Crippen LogP contribution >= 0.6 is 0 Å². The maximum Gasteiger partial charge on any atom is 0.166 e. The van der Waals surface area contributed by atoms with E-state index >= 15 is 0 Å². The number of likely N-dealkylation sites (tertiary alicyclic amines) is 1. The Morgan fingerprint density at radius 1 is 1.22 bits per heavy atom. The van der Waals surface area contributed by atoms with E-state index in [-0.39, 0.29) is 17.5 Å². The highest BCUT2D eigenvalue weighted by atomic mass is 19.1. The Balaban J connectivity index is 1.60. The predicted octanol–water partition coefficient (Wildman–Crippen LogP) is 3.88. The lowest BCUT2D eigenvalue weighted by Crippen LogP contribution is -2.38. The van der Waals surface area contributed by atoms with Crippen LogP contribution in [0.5, 0.6) is 0 Å². The quantitative estimate of drug-likeness (QED) is 0.803. The van der Waals surface area contributed by atoms with Gasteiger partial charge in [-0.3, -0.25) is 14.7 Å². The van der Waals surface area contributed by atoms with Crippen molar-refractivity contribution in [3.63, 3.8) is 0 Å². The van der Waals surface area contributed by atoms with E-state index in [1.807, 2.05) is 12.3 Å². The van der Waals surface area contributed by atoms with Gasteiger partial charge in [0.15, 0.2) is 5.78 Å². The molecule has 0 bridgehead atoms. The summed E-state index contributed by atoms with van der Waals surface area (Å²) in [5.74, 6) is -0.127. The molecule has 3 rings (SSSR count). The second kappa shape index (κ2) is 7.01. The predicted molar refractivity (Wildman–Crippen MR) is 87.7 cm³/mol. The van der Waals surface area contributed by atoms with Gasteiger partial charge in [-0.05, 0) is 68.8 Å². The fourth-order valence-electron chi connectivity index (χ4n) is 3.23. The first-order valence-corrected chi connectivity index (χ1v) is 8.09. The number of hydrogen-bond acceptors (Lipinski definition) is 3. The lowest BCUT2D eigenvalue weighted by Gasteiger charge is -2.35. The minimum absolute atomic E-state index is 0.0396. The van der Waals surface area contributed by atoms with Gasteiger partial charge in [0.05, 0.1) is 0 Å². The SMILES string of the molecule is C[C@H](c1cccnc1)N1CCC(C(=O)c2ccc(F)cc2)CC1. The van der Waals surface area contributed by atoms with Gasteiger partial charge in [0.25, 0.3) is 0 Å². The number of nitrogens with zero attached hydrogens (tertiary/aromatic N) is 2. The van der Waals surface area contributed by atoms with Crippen molar-refractivity contribution in [3.8, 4) is 0 Å². The smallest absolute Gasteiger partial charge is 0.166 e. The molecule has 1 aromatic heterocycles. The number of carbonyl (C=O) groups excluding carboxylic acids is 1. The molecule has 1 fully saturated rings. The van der Waals surface area contributed by atoms with E-state index in [2.05, 4.69) is 22.9 Å². The molecule has 0 amide bonds. The zero-order chi connectivity index (χ0) is 16.2. The molecule has 0 saturated carbocycles. The van der Waals surface area contributed by atoms with E-state index < -0.39 is 0 Å². The molecule has 2 heterocycles. The molecule has 1 aliphatic heterocycles. The third-order valence-corrected chi connectivity index (χ3v) is 4.74. The first-order valence-electron chi connectivity index (χ1n) is 8.09. The molecule has 4 heteroatoms. The van der Waals surface area contributed by atoms with E-state index in [0.717, 1.165) is 25.9 Å². The number of carbonyl (C=O) groups is 1. The lowest BCUT2D eigenvalue weighted by atomic mass is 9.88. The highest BCUT2D eigenvalue weighted by Crippen LogP contribution is 2.28. The lowest BCUT2D eigenvalue weighted by molar-refractivity contribution is 0.0801. The highest BCUT2D eigenvalue weighted by molar-refractivity contribution is 5.97. The van der Waals surface area contributed by atoms with Crippen LogP contribution in [0.25, 0.3) is 0 Å². The van der Waals surface area contributed by atoms with Gasteiger partial charge >= 0.3 is 0 Å². The number of Topliss-reactive ketones (excluding diaryl/α,β-unsaturated/α-hetero) is 1. The van der Waals surface area contributed by atoms with Crippen molar-refractivity contribution in [1.82, 2.24) is 9.88 Å². The van der Waals surface area contributed by atoms with Crippen LogP contribution < -0.4 is 0 Å². The average molecular weight is 312 g/mol. The monoisotopic (exact) mass is 312 g/mol. The summed E-state index contributed by atoms with van der Waals surface area (Å²) in [6.45, 7) is 3.97. The van der Waals surface area contributed by atoms with Gasteiger partial charge in [0, 0.05) is 29.9 Å². The number of hydrogen-bond donors (Lipinski definition) is 0. The van der Waals surface area contributed by atoms with Crippen LogP contribution in [0, 0.1) is 11.7 Å². The molecule has 1 atom stereocenters. The molecule has 120 valence electrons. The highest BCUT2D eigenvalue weighted by Gasteiger charge is 2.28. The Morgan fingerprint density at radius 3 is 2.52 bits per heavy atom. The van der Waals surface area contributed by atoms with Crippen LogP contribution in [-0.2, 0) is 0 Å². The standard InChI is InChI=1S/C19H21FN2O/c1-14(17-3-2-10-21-13-17)22-11-8-16(9-12-22)19(23)15-4-6-18(20)7-5-15/h2-7,10,13-14,16H,8-9,11-12H2,1H3/t14-/m1/s1. The number of piperidine rings is 1.